The molecular weight excluding hydrogens is 267 g/mol. The van der Waals surface area contributed by atoms with Crippen molar-refractivity contribution in [3.05, 3.63) is 41.5 Å². The van der Waals surface area contributed by atoms with Crippen LogP contribution < -0.4 is 23.8 Å². The quantitative estimate of drug-likeness (QED) is 0.650. The van der Waals surface area contributed by atoms with Gasteiger partial charge in [-0.2, -0.15) is 5.56 Å². The van der Waals surface area contributed by atoms with Crippen molar-refractivity contribution in [2.24, 2.45) is 0 Å². The van der Waals surface area contributed by atoms with Crippen LogP contribution in [0, 0.1) is 6.08 Å². The maximum atomic E-state index is 3.88. The molecule has 2 nitrogen and oxygen atoms in total. The third kappa shape index (κ3) is 4.04. The van der Waals surface area contributed by atoms with Gasteiger partial charge >= 0.3 is 18.9 Å². The first-order valence-electron chi connectivity index (χ1n) is 7.31. The summed E-state index contributed by atoms with van der Waals surface area (Å²) in [5.41, 5.74) is 4.58. The summed E-state index contributed by atoms with van der Waals surface area (Å²) in [5.74, 6) is 0. The molecule has 0 heterocycles. The van der Waals surface area contributed by atoms with Crippen molar-refractivity contribution < 1.29 is 18.9 Å². The fraction of sp³-hybridized carbons (Fsp3) is 0.529. The molecule has 0 saturated heterocycles. The van der Waals surface area contributed by atoms with Gasteiger partial charge in [-0.25, -0.2) is 6.08 Å². The van der Waals surface area contributed by atoms with Crippen LogP contribution in [-0.2, 0) is 0 Å². The Labute approximate surface area is 143 Å². The van der Waals surface area contributed by atoms with E-state index >= 15 is 0 Å². The van der Waals surface area contributed by atoms with Crippen molar-refractivity contribution >= 4 is 13.9 Å². The van der Waals surface area contributed by atoms with Crippen LogP contribution in [0.4, 0.5) is 0 Å². The Bertz CT molecular complexity index is 530. The van der Waals surface area contributed by atoms with E-state index in [4.69, 9.17) is 0 Å². The van der Waals surface area contributed by atoms with Crippen LogP contribution in [0.1, 0.15) is 37.4 Å². The third-order valence-electron chi connectivity index (χ3n) is 3.67. The van der Waals surface area contributed by atoms with E-state index in [1.54, 1.807) is 0 Å². The van der Waals surface area contributed by atoms with Gasteiger partial charge in [-0.05, 0) is 20.8 Å². The summed E-state index contributed by atoms with van der Waals surface area (Å²) in [6.07, 6.45) is 3.76. The topological polar surface area (TPSA) is 15.3 Å². The minimum atomic E-state index is -1.65. The molecule has 110 valence electrons. The second-order valence-corrected chi connectivity index (χ2v) is 11.8. The van der Waals surface area contributed by atoms with Crippen molar-refractivity contribution in [1.29, 1.82) is 0 Å². The van der Waals surface area contributed by atoms with Gasteiger partial charge in [0.05, 0.1) is 0 Å². The zero-order valence-electron chi connectivity index (χ0n) is 14.8. The number of fused-ring (bicyclic) bond motifs is 1. The van der Waals surface area contributed by atoms with Crippen molar-refractivity contribution in [3.63, 3.8) is 0 Å². The number of allylic oxidation sites excluding steroid dienone is 1. The monoisotopic (exact) mass is 294 g/mol. The average Bonchev–Trinajstić information content (AvgIpc) is 2.65. The largest absolute Gasteiger partial charge is 1.00 e. The number of nitrogens with zero attached hydrogens (tertiary/aromatic N) is 1. The van der Waals surface area contributed by atoms with Crippen molar-refractivity contribution in [1.82, 2.24) is 9.88 Å². The van der Waals surface area contributed by atoms with Crippen LogP contribution in [0.2, 0.25) is 13.1 Å². The molecule has 1 aliphatic carbocycles. The summed E-state index contributed by atoms with van der Waals surface area (Å²) in [6.45, 7) is 11.6. The SMILES string of the molecule is CN(C)C1=[C-]C([Si](C)(C)NC(C)(C)C)c2ccccc21.[Li+]. The van der Waals surface area contributed by atoms with E-state index in [2.05, 4.69) is 88.2 Å². The molecule has 0 saturated carbocycles. The first kappa shape index (κ1) is 18.6. The molecule has 0 amide bonds. The van der Waals surface area contributed by atoms with Crippen LogP contribution >= 0.6 is 0 Å². The summed E-state index contributed by atoms with van der Waals surface area (Å²) in [7, 11) is 2.56. The van der Waals surface area contributed by atoms with E-state index in [9.17, 15) is 0 Å². The first-order chi connectivity index (χ1) is 9.12. The zero-order valence-corrected chi connectivity index (χ0v) is 15.8. The Hall–Kier alpha value is -0.466. The molecular formula is C17H27LiN2Si. The molecule has 0 spiro atoms. The minimum Gasteiger partial charge on any atom is -0.411 e. The zero-order chi connectivity index (χ0) is 15.1. The molecule has 0 radical (unpaired) electrons. The summed E-state index contributed by atoms with van der Waals surface area (Å²) >= 11 is 0. The summed E-state index contributed by atoms with van der Waals surface area (Å²) in [5, 5.41) is 0. The minimum absolute atomic E-state index is 0. The predicted octanol–water partition coefficient (Wildman–Crippen LogP) is 0.626. The second kappa shape index (κ2) is 6.34. The van der Waals surface area contributed by atoms with Crippen LogP contribution in [-0.4, -0.2) is 32.8 Å². The third-order valence-corrected chi connectivity index (χ3v) is 6.97. The van der Waals surface area contributed by atoms with E-state index in [1.807, 2.05) is 0 Å². The maximum absolute atomic E-state index is 3.88. The van der Waals surface area contributed by atoms with Crippen LogP contribution in [0.25, 0.3) is 5.70 Å². The number of nitrogens with one attached hydrogen (secondary N) is 1. The molecule has 1 atom stereocenters. The van der Waals surface area contributed by atoms with Gasteiger partial charge in [0.2, 0.25) is 0 Å². The van der Waals surface area contributed by atoms with Gasteiger partial charge in [-0.3, -0.25) is 0 Å². The van der Waals surface area contributed by atoms with Crippen molar-refractivity contribution in [3.8, 4) is 0 Å². The molecule has 1 N–H and O–H groups in total. The van der Waals surface area contributed by atoms with Gasteiger partial charge in [-0.1, -0.05) is 36.8 Å². The summed E-state index contributed by atoms with van der Waals surface area (Å²) in [6, 6.07) is 8.76. The Kier molecular flexibility index (Phi) is 5.61. The Morgan fingerprint density at radius 1 is 1.14 bits per heavy atom. The molecule has 1 aromatic rings. The molecule has 0 aromatic heterocycles. The van der Waals surface area contributed by atoms with Gasteiger partial charge in [0, 0.05) is 19.6 Å². The van der Waals surface area contributed by atoms with E-state index in [0.29, 0.717) is 5.54 Å². The normalized spacial score (nSPS) is 17.9. The van der Waals surface area contributed by atoms with Gasteiger partial charge in [-0.15, -0.1) is 17.3 Å². The Balaban J connectivity index is 0.00000220. The van der Waals surface area contributed by atoms with Crippen LogP contribution in [0.15, 0.2) is 24.3 Å². The summed E-state index contributed by atoms with van der Waals surface area (Å²) in [4.78, 5) is 6.06. The smallest absolute Gasteiger partial charge is 0.411 e. The number of hydrogen-bond donors (Lipinski definition) is 1. The average molecular weight is 294 g/mol. The van der Waals surface area contributed by atoms with E-state index in [-0.39, 0.29) is 24.4 Å². The molecule has 1 aromatic carbocycles. The predicted molar refractivity (Wildman–Crippen MR) is 89.9 cm³/mol. The van der Waals surface area contributed by atoms with E-state index < -0.39 is 8.24 Å². The molecule has 2 rings (SSSR count). The molecule has 0 bridgehead atoms. The van der Waals surface area contributed by atoms with Gasteiger partial charge in [0.15, 0.2) is 0 Å². The van der Waals surface area contributed by atoms with E-state index in [1.165, 1.54) is 16.8 Å². The molecule has 0 fully saturated rings. The Morgan fingerprint density at radius 2 is 1.71 bits per heavy atom. The van der Waals surface area contributed by atoms with Crippen LogP contribution in [0.3, 0.4) is 0 Å². The molecule has 21 heavy (non-hydrogen) atoms. The fourth-order valence-electron chi connectivity index (χ4n) is 3.23. The number of hydrogen-bond acceptors (Lipinski definition) is 2. The summed E-state index contributed by atoms with van der Waals surface area (Å²) < 4.78 is 0. The molecule has 0 aliphatic heterocycles. The number of rotatable bonds is 3. The van der Waals surface area contributed by atoms with Crippen LogP contribution in [0.5, 0.6) is 0 Å². The Morgan fingerprint density at radius 3 is 2.24 bits per heavy atom. The van der Waals surface area contributed by atoms with Gasteiger partial charge in [0.25, 0.3) is 0 Å². The molecule has 1 aliphatic rings. The molecule has 4 heteroatoms. The maximum Gasteiger partial charge on any atom is 1.00 e. The first-order valence-corrected chi connectivity index (χ1v) is 10.4. The van der Waals surface area contributed by atoms with Gasteiger partial charge in [0.1, 0.15) is 8.24 Å². The molecule has 1 unspecified atom stereocenters. The number of benzene rings is 1. The standard InChI is InChI=1S/C17H27N2Si.Li/c1-17(2,3)18-20(6,7)16-12-15(19(4)5)13-10-8-9-11-14(13)16;/h8-11,16,18H,1-7H3;/q-1;+1. The van der Waals surface area contributed by atoms with Crippen molar-refractivity contribution in [2.45, 2.75) is 44.9 Å². The fourth-order valence-corrected chi connectivity index (χ4v) is 6.84. The second-order valence-electron chi connectivity index (χ2n) is 7.50. The van der Waals surface area contributed by atoms with E-state index in [0.717, 1.165) is 0 Å². The van der Waals surface area contributed by atoms with Gasteiger partial charge < -0.3 is 9.88 Å². The van der Waals surface area contributed by atoms with Crippen molar-refractivity contribution in [2.75, 3.05) is 14.1 Å².